The van der Waals surface area contributed by atoms with Gasteiger partial charge in [-0.3, -0.25) is 14.6 Å². The van der Waals surface area contributed by atoms with Crippen molar-refractivity contribution < 1.29 is 9.21 Å². The molecule has 0 N–H and O–H groups in total. The van der Waals surface area contributed by atoms with E-state index in [0.717, 1.165) is 37.1 Å². The Bertz CT molecular complexity index is 625. The Balaban J connectivity index is 1.65. The number of para-hydroxylation sites is 1. The topological polar surface area (TPSA) is 36.7 Å². The first-order chi connectivity index (χ1) is 10.1. The van der Waals surface area contributed by atoms with Crippen LogP contribution >= 0.6 is 0 Å². The zero-order valence-electron chi connectivity index (χ0n) is 12.7. The Labute approximate surface area is 125 Å². The molecule has 1 fully saturated rings. The van der Waals surface area contributed by atoms with Crippen molar-refractivity contribution in [2.75, 3.05) is 32.7 Å². The number of hydrogen-bond acceptors (Lipinski definition) is 4. The van der Waals surface area contributed by atoms with Crippen LogP contribution in [-0.2, 0) is 0 Å². The fourth-order valence-corrected chi connectivity index (χ4v) is 2.92. The maximum Gasteiger partial charge on any atom is 0.180 e. The number of nitrogens with zero attached hydrogens (tertiary/aromatic N) is 2. The molecule has 0 amide bonds. The molecule has 21 heavy (non-hydrogen) atoms. The van der Waals surface area contributed by atoms with Gasteiger partial charge in [-0.25, -0.2) is 0 Å². The van der Waals surface area contributed by atoms with Gasteiger partial charge in [-0.05, 0) is 19.9 Å². The van der Waals surface area contributed by atoms with Crippen molar-refractivity contribution in [3.63, 3.8) is 0 Å². The number of rotatable bonds is 4. The first kappa shape index (κ1) is 14.3. The van der Waals surface area contributed by atoms with Crippen LogP contribution in [-0.4, -0.2) is 54.3 Å². The number of fused-ring (bicyclic) bond motifs is 1. The normalized spacial score (nSPS) is 17.7. The van der Waals surface area contributed by atoms with Crippen LogP contribution in [0.15, 0.2) is 34.9 Å². The van der Waals surface area contributed by atoms with Gasteiger partial charge in [-0.2, -0.15) is 0 Å². The highest BCUT2D eigenvalue weighted by Gasteiger charge is 2.22. The Hall–Kier alpha value is -1.65. The Morgan fingerprint density at radius 1 is 1.19 bits per heavy atom. The summed E-state index contributed by atoms with van der Waals surface area (Å²) in [6.07, 6.45) is 1.59. The molecule has 1 aliphatic heterocycles. The van der Waals surface area contributed by atoms with E-state index in [2.05, 4.69) is 23.6 Å². The number of piperazine rings is 1. The molecule has 0 radical (unpaired) electrons. The first-order valence-corrected chi connectivity index (χ1v) is 7.61. The lowest BCUT2D eigenvalue weighted by Crippen LogP contribution is -2.49. The third kappa shape index (κ3) is 3.01. The lowest BCUT2D eigenvalue weighted by molar-refractivity contribution is 0.0808. The Morgan fingerprint density at radius 2 is 1.90 bits per heavy atom. The molecule has 0 unspecified atom stereocenters. The van der Waals surface area contributed by atoms with Crippen LogP contribution in [0.2, 0.25) is 0 Å². The van der Waals surface area contributed by atoms with Crippen LogP contribution in [0.4, 0.5) is 0 Å². The lowest BCUT2D eigenvalue weighted by Gasteiger charge is -2.36. The second-order valence-corrected chi connectivity index (χ2v) is 5.97. The van der Waals surface area contributed by atoms with Crippen LogP contribution in [0.3, 0.4) is 0 Å². The van der Waals surface area contributed by atoms with Crippen molar-refractivity contribution in [1.29, 1.82) is 0 Å². The van der Waals surface area contributed by atoms with Crippen LogP contribution in [0.5, 0.6) is 0 Å². The number of benzene rings is 1. The Morgan fingerprint density at radius 3 is 2.62 bits per heavy atom. The molecule has 2 heterocycles. The van der Waals surface area contributed by atoms with Gasteiger partial charge in [0.1, 0.15) is 11.8 Å². The molecule has 0 saturated carbocycles. The number of hydrogen-bond donors (Lipinski definition) is 0. The Kier molecular flexibility index (Phi) is 4.08. The van der Waals surface area contributed by atoms with E-state index in [9.17, 15) is 4.79 Å². The second kappa shape index (κ2) is 6.00. The summed E-state index contributed by atoms with van der Waals surface area (Å²) in [6.45, 7) is 8.92. The van der Waals surface area contributed by atoms with E-state index in [0.29, 0.717) is 18.2 Å². The molecule has 4 heteroatoms. The maximum absolute atomic E-state index is 12.5. The molecule has 0 atom stereocenters. The van der Waals surface area contributed by atoms with Crippen molar-refractivity contribution in [3.8, 4) is 0 Å². The summed E-state index contributed by atoms with van der Waals surface area (Å²) in [7, 11) is 0. The predicted octanol–water partition coefficient (Wildman–Crippen LogP) is 2.64. The largest absolute Gasteiger partial charge is 0.464 e. The molecule has 1 aliphatic rings. The van der Waals surface area contributed by atoms with Gasteiger partial charge >= 0.3 is 0 Å². The third-order valence-corrected chi connectivity index (χ3v) is 4.29. The first-order valence-electron chi connectivity index (χ1n) is 7.61. The molecule has 4 nitrogen and oxygen atoms in total. The lowest BCUT2D eigenvalue weighted by atomic mass is 10.1. The summed E-state index contributed by atoms with van der Waals surface area (Å²) >= 11 is 0. The van der Waals surface area contributed by atoms with Crippen molar-refractivity contribution in [2.24, 2.45) is 0 Å². The highest BCUT2D eigenvalue weighted by Crippen LogP contribution is 2.21. The zero-order chi connectivity index (χ0) is 14.8. The summed E-state index contributed by atoms with van der Waals surface area (Å²) in [6, 6.07) is 8.29. The van der Waals surface area contributed by atoms with Crippen molar-refractivity contribution in [3.05, 3.63) is 36.1 Å². The molecule has 0 spiro atoms. The van der Waals surface area contributed by atoms with E-state index < -0.39 is 0 Å². The second-order valence-electron chi connectivity index (χ2n) is 5.97. The zero-order valence-corrected chi connectivity index (χ0v) is 12.7. The van der Waals surface area contributed by atoms with E-state index in [-0.39, 0.29) is 5.78 Å². The maximum atomic E-state index is 12.5. The molecule has 3 rings (SSSR count). The van der Waals surface area contributed by atoms with Gasteiger partial charge in [0.2, 0.25) is 0 Å². The molecule has 1 aromatic carbocycles. The molecule has 112 valence electrons. The van der Waals surface area contributed by atoms with E-state index in [1.807, 2.05) is 24.3 Å². The minimum absolute atomic E-state index is 0.151. The summed E-state index contributed by atoms with van der Waals surface area (Å²) in [5.74, 6) is 0.151. The van der Waals surface area contributed by atoms with Gasteiger partial charge in [0.15, 0.2) is 5.78 Å². The predicted molar refractivity (Wildman–Crippen MR) is 83.7 cm³/mol. The third-order valence-electron chi connectivity index (χ3n) is 4.29. The van der Waals surface area contributed by atoms with E-state index in [1.165, 1.54) is 0 Å². The number of Topliss-reactive ketones (excluding diaryl/α,β-unsaturated/α-hetero) is 1. The number of carbonyl (C=O) groups is 1. The minimum atomic E-state index is 0.151. The monoisotopic (exact) mass is 286 g/mol. The number of carbonyl (C=O) groups excluding carboxylic acids is 1. The molecule has 1 saturated heterocycles. The van der Waals surface area contributed by atoms with Gasteiger partial charge in [0.05, 0.1) is 12.1 Å². The molecular formula is C17H22N2O2. The van der Waals surface area contributed by atoms with Crippen molar-refractivity contribution in [1.82, 2.24) is 9.80 Å². The van der Waals surface area contributed by atoms with Crippen LogP contribution in [0.1, 0.15) is 24.2 Å². The van der Waals surface area contributed by atoms with E-state index in [1.54, 1.807) is 6.26 Å². The molecule has 0 aliphatic carbocycles. The van der Waals surface area contributed by atoms with Crippen molar-refractivity contribution >= 4 is 16.8 Å². The smallest absolute Gasteiger partial charge is 0.180 e. The number of ketones is 1. The van der Waals surface area contributed by atoms with Crippen molar-refractivity contribution in [2.45, 2.75) is 19.9 Å². The molecular weight excluding hydrogens is 264 g/mol. The quantitative estimate of drug-likeness (QED) is 0.810. The minimum Gasteiger partial charge on any atom is -0.464 e. The van der Waals surface area contributed by atoms with Crippen LogP contribution < -0.4 is 0 Å². The summed E-state index contributed by atoms with van der Waals surface area (Å²) in [4.78, 5) is 17.2. The van der Waals surface area contributed by atoms with Crippen LogP contribution in [0, 0.1) is 0 Å². The molecule has 1 aromatic heterocycles. The summed E-state index contributed by atoms with van der Waals surface area (Å²) < 4.78 is 5.46. The summed E-state index contributed by atoms with van der Waals surface area (Å²) in [5, 5.41) is 0.920. The van der Waals surface area contributed by atoms with E-state index in [4.69, 9.17) is 4.42 Å². The van der Waals surface area contributed by atoms with Gasteiger partial charge in [-0.15, -0.1) is 0 Å². The molecule has 0 bridgehead atoms. The molecule has 2 aromatic rings. The highest BCUT2D eigenvalue weighted by atomic mass is 16.3. The average molecular weight is 286 g/mol. The standard InChI is InChI=1S/C17H22N2O2/c1-13(2)19-9-7-18(8-10-19)11-16(20)15-12-21-17-6-4-3-5-14(15)17/h3-6,12-13H,7-11H2,1-2H3. The van der Waals surface area contributed by atoms with Crippen LogP contribution in [0.25, 0.3) is 11.0 Å². The average Bonchev–Trinajstić information content (AvgIpc) is 2.92. The highest BCUT2D eigenvalue weighted by molar-refractivity contribution is 6.08. The van der Waals surface area contributed by atoms with Gasteiger partial charge < -0.3 is 4.42 Å². The van der Waals surface area contributed by atoms with Gasteiger partial charge in [0, 0.05) is 37.6 Å². The van der Waals surface area contributed by atoms with Gasteiger partial charge in [-0.1, -0.05) is 18.2 Å². The van der Waals surface area contributed by atoms with E-state index >= 15 is 0 Å². The fourth-order valence-electron chi connectivity index (χ4n) is 2.92. The fraction of sp³-hybridized carbons (Fsp3) is 0.471. The number of furan rings is 1. The summed E-state index contributed by atoms with van der Waals surface area (Å²) in [5.41, 5.74) is 1.49. The van der Waals surface area contributed by atoms with Gasteiger partial charge in [0.25, 0.3) is 0 Å². The SMILES string of the molecule is CC(C)N1CCN(CC(=O)c2coc3ccccc23)CC1.